The van der Waals surface area contributed by atoms with E-state index >= 15 is 0 Å². The highest BCUT2D eigenvalue weighted by atomic mass is 32.2. The fourth-order valence-electron chi connectivity index (χ4n) is 3.21. The summed E-state index contributed by atoms with van der Waals surface area (Å²) < 4.78 is 78.8. The van der Waals surface area contributed by atoms with E-state index in [1.54, 1.807) is 11.8 Å². The molecule has 0 atom stereocenters. The van der Waals surface area contributed by atoms with Crippen molar-refractivity contribution in [2.75, 3.05) is 36.8 Å². The summed E-state index contributed by atoms with van der Waals surface area (Å²) in [5, 5.41) is 0. The number of piperazine rings is 1. The number of hydrogen-bond acceptors (Lipinski definition) is 3. The van der Waals surface area contributed by atoms with Crippen LogP contribution < -0.4 is 4.90 Å². The molecule has 162 valence electrons. The lowest BCUT2D eigenvalue weighted by Crippen LogP contribution is -2.49. The first-order chi connectivity index (χ1) is 14.0. The molecule has 1 amide bonds. The van der Waals surface area contributed by atoms with E-state index in [2.05, 4.69) is 0 Å². The standard InChI is InChI=1S/C20H18F6N2OS/c1-12-6-16(23)17(10-18(12)30-11-20(24,25)26)27-2-4-28(5-3-27)19(29)13-7-14(21)9-15(22)8-13/h6-10H,2-5,11H2,1H3. The number of benzene rings is 2. The fourth-order valence-corrected chi connectivity index (χ4v) is 4.01. The van der Waals surface area contributed by atoms with E-state index < -0.39 is 35.3 Å². The number of carbonyl (C=O) groups excluding carboxylic acids is 1. The van der Waals surface area contributed by atoms with Crippen LogP contribution in [0.4, 0.5) is 32.0 Å². The molecule has 3 rings (SSSR count). The molecule has 1 aliphatic heterocycles. The Labute approximate surface area is 173 Å². The average molecular weight is 448 g/mol. The van der Waals surface area contributed by atoms with Crippen LogP contribution in [0.3, 0.4) is 0 Å². The largest absolute Gasteiger partial charge is 0.398 e. The Balaban J connectivity index is 1.70. The second kappa shape index (κ2) is 8.79. The molecule has 0 radical (unpaired) electrons. The lowest BCUT2D eigenvalue weighted by molar-refractivity contribution is -0.105. The third-order valence-electron chi connectivity index (χ3n) is 4.65. The Morgan fingerprint density at radius 2 is 1.57 bits per heavy atom. The smallest absolute Gasteiger partial charge is 0.366 e. The average Bonchev–Trinajstić information content (AvgIpc) is 2.65. The zero-order chi connectivity index (χ0) is 22.1. The Morgan fingerprint density at radius 3 is 2.13 bits per heavy atom. The number of hydrogen-bond donors (Lipinski definition) is 0. The van der Waals surface area contributed by atoms with Crippen LogP contribution in [-0.4, -0.2) is 48.9 Å². The highest BCUT2D eigenvalue weighted by Gasteiger charge is 2.29. The van der Waals surface area contributed by atoms with E-state index in [0.717, 1.165) is 12.1 Å². The van der Waals surface area contributed by atoms with Gasteiger partial charge in [-0.25, -0.2) is 13.2 Å². The molecule has 0 aliphatic carbocycles. The van der Waals surface area contributed by atoms with Crippen LogP contribution in [0.1, 0.15) is 15.9 Å². The van der Waals surface area contributed by atoms with Gasteiger partial charge in [0.15, 0.2) is 0 Å². The number of halogens is 6. The van der Waals surface area contributed by atoms with Crippen LogP contribution in [0.15, 0.2) is 35.2 Å². The number of nitrogens with zero attached hydrogens (tertiary/aromatic N) is 2. The Morgan fingerprint density at radius 1 is 0.967 bits per heavy atom. The van der Waals surface area contributed by atoms with E-state index in [-0.39, 0.29) is 37.4 Å². The Kier molecular flexibility index (Phi) is 6.54. The van der Waals surface area contributed by atoms with Crippen molar-refractivity contribution in [3.63, 3.8) is 0 Å². The molecule has 3 nitrogen and oxygen atoms in total. The molecule has 1 fully saturated rings. The summed E-state index contributed by atoms with van der Waals surface area (Å²) in [6, 6.07) is 5.15. The molecule has 10 heteroatoms. The number of aryl methyl sites for hydroxylation is 1. The highest BCUT2D eigenvalue weighted by molar-refractivity contribution is 7.99. The van der Waals surface area contributed by atoms with Crippen LogP contribution in [0, 0.1) is 24.4 Å². The summed E-state index contributed by atoms with van der Waals surface area (Å²) in [6.07, 6.45) is -4.34. The van der Waals surface area contributed by atoms with Crippen molar-refractivity contribution in [2.45, 2.75) is 18.0 Å². The molecular formula is C20H18F6N2OS. The summed E-state index contributed by atoms with van der Waals surface area (Å²) in [5.74, 6) is -3.90. The van der Waals surface area contributed by atoms with Crippen molar-refractivity contribution in [1.29, 1.82) is 0 Å². The first kappa shape index (κ1) is 22.3. The van der Waals surface area contributed by atoms with Gasteiger partial charge in [-0.1, -0.05) is 0 Å². The predicted octanol–water partition coefficient (Wildman–Crippen LogP) is 5.03. The van der Waals surface area contributed by atoms with Crippen LogP contribution >= 0.6 is 11.8 Å². The third-order valence-corrected chi connectivity index (χ3v) is 5.88. The van der Waals surface area contributed by atoms with E-state index in [0.29, 0.717) is 28.3 Å². The zero-order valence-electron chi connectivity index (χ0n) is 15.9. The summed E-state index contributed by atoms with van der Waals surface area (Å²) >= 11 is 0.592. The molecule has 0 spiro atoms. The molecule has 1 saturated heterocycles. The van der Waals surface area contributed by atoms with Gasteiger partial charge in [0.1, 0.15) is 17.5 Å². The van der Waals surface area contributed by atoms with Gasteiger partial charge in [-0.15, -0.1) is 11.8 Å². The lowest BCUT2D eigenvalue weighted by atomic mass is 10.1. The maximum absolute atomic E-state index is 14.5. The van der Waals surface area contributed by atoms with Gasteiger partial charge in [0, 0.05) is 42.7 Å². The van der Waals surface area contributed by atoms with Gasteiger partial charge in [-0.05, 0) is 36.8 Å². The van der Waals surface area contributed by atoms with E-state index in [9.17, 15) is 31.1 Å². The molecule has 1 heterocycles. The van der Waals surface area contributed by atoms with Crippen molar-refractivity contribution >= 4 is 23.4 Å². The number of amides is 1. The molecule has 0 unspecified atom stereocenters. The first-order valence-corrected chi connectivity index (χ1v) is 10.0. The van der Waals surface area contributed by atoms with Crippen molar-refractivity contribution in [1.82, 2.24) is 4.90 Å². The van der Waals surface area contributed by atoms with Gasteiger partial charge >= 0.3 is 6.18 Å². The molecule has 0 saturated carbocycles. The molecule has 30 heavy (non-hydrogen) atoms. The number of anilines is 1. The summed E-state index contributed by atoms with van der Waals surface area (Å²) in [6.45, 7) is 2.35. The monoisotopic (exact) mass is 448 g/mol. The summed E-state index contributed by atoms with van der Waals surface area (Å²) in [7, 11) is 0. The maximum atomic E-state index is 14.5. The Bertz CT molecular complexity index is 921. The summed E-state index contributed by atoms with van der Waals surface area (Å²) in [4.78, 5) is 15.9. The Hall–Kier alpha value is -2.36. The molecule has 2 aromatic carbocycles. The van der Waals surface area contributed by atoms with Crippen LogP contribution in [-0.2, 0) is 0 Å². The maximum Gasteiger partial charge on any atom is 0.398 e. The molecule has 0 bridgehead atoms. The first-order valence-electron chi connectivity index (χ1n) is 9.03. The van der Waals surface area contributed by atoms with Crippen molar-refractivity contribution in [3.05, 3.63) is 58.9 Å². The van der Waals surface area contributed by atoms with E-state index in [4.69, 9.17) is 0 Å². The zero-order valence-corrected chi connectivity index (χ0v) is 16.7. The molecule has 1 aliphatic rings. The lowest BCUT2D eigenvalue weighted by Gasteiger charge is -2.36. The quantitative estimate of drug-likeness (QED) is 0.484. The normalized spacial score (nSPS) is 14.9. The highest BCUT2D eigenvalue weighted by Crippen LogP contribution is 2.34. The van der Waals surface area contributed by atoms with Gasteiger partial charge in [0.25, 0.3) is 5.91 Å². The van der Waals surface area contributed by atoms with Gasteiger partial charge in [-0.3, -0.25) is 4.79 Å². The van der Waals surface area contributed by atoms with Crippen molar-refractivity contribution in [2.24, 2.45) is 0 Å². The SMILES string of the molecule is Cc1cc(F)c(N2CCN(C(=O)c3cc(F)cc(F)c3)CC2)cc1SCC(F)(F)F. The fraction of sp³-hybridized carbons (Fsp3) is 0.350. The van der Waals surface area contributed by atoms with Crippen LogP contribution in [0.5, 0.6) is 0 Å². The number of carbonyl (C=O) groups is 1. The van der Waals surface area contributed by atoms with Gasteiger partial charge in [-0.2, -0.15) is 13.2 Å². The number of thioether (sulfide) groups is 1. The minimum absolute atomic E-state index is 0.117. The number of rotatable bonds is 4. The minimum atomic E-state index is -4.34. The molecule has 0 N–H and O–H groups in total. The predicted molar refractivity (Wildman–Crippen MR) is 102 cm³/mol. The van der Waals surface area contributed by atoms with Crippen LogP contribution in [0.25, 0.3) is 0 Å². The van der Waals surface area contributed by atoms with E-state index in [1.807, 2.05) is 0 Å². The molecule has 2 aromatic rings. The van der Waals surface area contributed by atoms with Gasteiger partial charge in [0.2, 0.25) is 0 Å². The minimum Gasteiger partial charge on any atom is -0.366 e. The second-order valence-corrected chi connectivity index (χ2v) is 7.93. The van der Waals surface area contributed by atoms with Crippen molar-refractivity contribution < 1.29 is 31.1 Å². The topological polar surface area (TPSA) is 23.6 Å². The molecule has 0 aromatic heterocycles. The van der Waals surface area contributed by atoms with Gasteiger partial charge < -0.3 is 9.80 Å². The van der Waals surface area contributed by atoms with Gasteiger partial charge in [0.05, 0.1) is 11.4 Å². The van der Waals surface area contributed by atoms with E-state index in [1.165, 1.54) is 17.0 Å². The molecular weight excluding hydrogens is 430 g/mol. The van der Waals surface area contributed by atoms with Crippen LogP contribution in [0.2, 0.25) is 0 Å². The van der Waals surface area contributed by atoms with Crippen molar-refractivity contribution in [3.8, 4) is 0 Å². The third kappa shape index (κ3) is 5.41. The second-order valence-electron chi connectivity index (χ2n) is 6.91. The number of alkyl halides is 3. The summed E-state index contributed by atoms with van der Waals surface area (Å²) in [5.41, 5.74) is 0.454.